The minimum Gasteiger partial charge on any atom is -0.573 e. The summed E-state index contributed by atoms with van der Waals surface area (Å²) in [5, 5.41) is 0. The van der Waals surface area contributed by atoms with Crippen LogP contribution in [0, 0.1) is 0 Å². The molecule has 16 heteroatoms. The SMILES string of the molecule is O=S(=O)([N-]c1ccc2c(c1)OCCOCCOCCOCCOCCO2)c1ccc2c(c1)OCCOCCOCCOCCOCCO2. The second-order valence-corrected chi connectivity index (χ2v) is 11.7. The summed E-state index contributed by atoms with van der Waals surface area (Å²) in [5.41, 5.74) is 0.148. The Hall–Kier alpha value is -2.93. The molecule has 270 valence electrons. The van der Waals surface area contributed by atoms with Crippen molar-refractivity contribution in [2.24, 2.45) is 0 Å². The van der Waals surface area contributed by atoms with Crippen LogP contribution in [-0.2, 0) is 47.9 Å². The molecular weight excluding hydrogens is 654 g/mol. The van der Waals surface area contributed by atoms with Crippen LogP contribution in [0.15, 0.2) is 41.3 Å². The fourth-order valence-electron chi connectivity index (χ4n) is 4.22. The summed E-state index contributed by atoms with van der Waals surface area (Å²) in [6.07, 6.45) is 0. The maximum atomic E-state index is 13.5. The van der Waals surface area contributed by atoms with Gasteiger partial charge in [0.15, 0.2) is 23.0 Å². The summed E-state index contributed by atoms with van der Waals surface area (Å²) in [6.45, 7) is 7.21. The Morgan fingerprint density at radius 1 is 0.375 bits per heavy atom. The van der Waals surface area contributed by atoms with Crippen LogP contribution in [0.4, 0.5) is 5.69 Å². The lowest BCUT2D eigenvalue weighted by Gasteiger charge is -2.24. The minimum absolute atomic E-state index is 0.0811. The Morgan fingerprint density at radius 3 is 1.08 bits per heavy atom. The Bertz CT molecular complexity index is 1280. The maximum absolute atomic E-state index is 13.5. The second-order valence-electron chi connectivity index (χ2n) is 10.1. The average molecular weight is 701 g/mol. The first kappa shape index (κ1) is 37.9. The summed E-state index contributed by atoms with van der Waals surface area (Å²) in [7, 11) is -4.18. The van der Waals surface area contributed by atoms with Crippen LogP contribution in [0.2, 0.25) is 0 Å². The van der Waals surface area contributed by atoms with E-state index in [9.17, 15) is 8.42 Å². The van der Waals surface area contributed by atoms with Gasteiger partial charge in [-0.3, -0.25) is 0 Å². The Labute approximate surface area is 281 Å². The predicted octanol–water partition coefficient (Wildman–Crippen LogP) is 2.76. The molecule has 4 rings (SSSR count). The lowest BCUT2D eigenvalue weighted by Crippen LogP contribution is -2.16. The van der Waals surface area contributed by atoms with Gasteiger partial charge in [-0.1, -0.05) is 6.07 Å². The largest absolute Gasteiger partial charge is 0.573 e. The van der Waals surface area contributed by atoms with E-state index in [4.69, 9.17) is 56.8 Å². The Kier molecular flexibility index (Phi) is 17.9. The zero-order valence-corrected chi connectivity index (χ0v) is 28.0. The van der Waals surface area contributed by atoms with Crippen LogP contribution >= 0.6 is 0 Å². The van der Waals surface area contributed by atoms with E-state index in [0.29, 0.717) is 116 Å². The van der Waals surface area contributed by atoms with Gasteiger partial charge in [-0.2, -0.15) is 0 Å². The third-order valence-corrected chi connectivity index (χ3v) is 7.84. The fourth-order valence-corrected chi connectivity index (χ4v) is 5.22. The summed E-state index contributed by atoms with van der Waals surface area (Å²) in [6, 6.07) is 8.96. The Morgan fingerprint density at radius 2 is 0.688 bits per heavy atom. The molecule has 15 nitrogen and oxygen atoms in total. The molecule has 2 aromatic carbocycles. The smallest absolute Gasteiger partial charge is 0.162 e. The van der Waals surface area contributed by atoms with E-state index in [1.165, 1.54) is 30.3 Å². The van der Waals surface area contributed by atoms with Crippen molar-refractivity contribution in [3.8, 4) is 23.0 Å². The van der Waals surface area contributed by atoms with Crippen LogP contribution in [-0.4, -0.2) is 141 Å². The number of rotatable bonds is 3. The van der Waals surface area contributed by atoms with Crippen molar-refractivity contribution in [1.29, 1.82) is 0 Å². The van der Waals surface area contributed by atoms with Gasteiger partial charge < -0.3 is 61.6 Å². The number of hydrogen-bond acceptors (Lipinski definition) is 14. The predicted molar refractivity (Wildman–Crippen MR) is 172 cm³/mol. The van der Waals surface area contributed by atoms with Crippen molar-refractivity contribution >= 4 is 15.7 Å². The third-order valence-electron chi connectivity index (χ3n) is 6.54. The number of benzene rings is 2. The molecule has 0 unspecified atom stereocenters. The number of fused-ring (bicyclic) bond motifs is 2. The van der Waals surface area contributed by atoms with Gasteiger partial charge in [-0.15, -0.1) is 5.69 Å². The molecule has 0 aromatic heterocycles. The van der Waals surface area contributed by atoms with Gasteiger partial charge >= 0.3 is 0 Å². The number of nitrogens with zero attached hydrogens (tertiary/aromatic N) is 1. The molecule has 0 spiro atoms. The molecule has 0 saturated heterocycles. The molecule has 0 radical (unpaired) electrons. The van der Waals surface area contributed by atoms with Crippen molar-refractivity contribution in [3.05, 3.63) is 41.1 Å². The van der Waals surface area contributed by atoms with E-state index >= 15 is 0 Å². The maximum Gasteiger partial charge on any atom is 0.162 e. The van der Waals surface area contributed by atoms with Crippen molar-refractivity contribution in [2.45, 2.75) is 4.90 Å². The molecule has 0 N–H and O–H groups in total. The number of sulfonamides is 1. The second kappa shape index (κ2) is 22.7. The first-order valence-electron chi connectivity index (χ1n) is 16.0. The normalized spacial score (nSPS) is 19.8. The quantitative estimate of drug-likeness (QED) is 0.460. The summed E-state index contributed by atoms with van der Waals surface area (Å²) in [5.74, 6) is 1.32. The van der Waals surface area contributed by atoms with Gasteiger partial charge in [0.05, 0.1) is 111 Å². The van der Waals surface area contributed by atoms with Gasteiger partial charge in [-0.05, 0) is 24.3 Å². The lowest BCUT2D eigenvalue weighted by atomic mass is 10.3. The molecule has 2 aliphatic rings. The summed E-state index contributed by atoms with van der Waals surface area (Å²) >= 11 is 0. The molecule has 0 bridgehead atoms. The Balaban J connectivity index is 1.42. The van der Waals surface area contributed by atoms with Crippen LogP contribution < -0.4 is 18.9 Å². The van der Waals surface area contributed by atoms with E-state index in [2.05, 4.69) is 4.72 Å². The molecule has 0 atom stereocenters. The highest BCUT2D eigenvalue weighted by atomic mass is 32.2. The first-order valence-corrected chi connectivity index (χ1v) is 17.4. The van der Waals surface area contributed by atoms with Crippen LogP contribution in [0.1, 0.15) is 0 Å². The van der Waals surface area contributed by atoms with Crippen molar-refractivity contribution in [2.75, 3.05) is 132 Å². The minimum atomic E-state index is -4.18. The molecule has 2 aliphatic heterocycles. The number of ether oxygens (including phenoxy) is 12. The molecular formula is C32H46NO14S-. The van der Waals surface area contributed by atoms with Gasteiger partial charge in [0.2, 0.25) is 0 Å². The molecule has 0 saturated carbocycles. The third kappa shape index (κ3) is 14.7. The highest BCUT2D eigenvalue weighted by molar-refractivity contribution is 7.94. The molecule has 48 heavy (non-hydrogen) atoms. The molecule has 2 heterocycles. The zero-order valence-electron chi connectivity index (χ0n) is 27.2. The van der Waals surface area contributed by atoms with Crippen LogP contribution in [0.25, 0.3) is 4.72 Å². The topological polar surface area (TPSA) is 159 Å². The fraction of sp³-hybridized carbons (Fsp3) is 0.625. The molecule has 2 aromatic rings. The van der Waals surface area contributed by atoms with E-state index in [-0.39, 0.29) is 49.4 Å². The van der Waals surface area contributed by atoms with Gasteiger partial charge in [-0.25, -0.2) is 8.42 Å². The van der Waals surface area contributed by atoms with Gasteiger partial charge in [0, 0.05) is 6.07 Å². The van der Waals surface area contributed by atoms with Crippen molar-refractivity contribution in [1.82, 2.24) is 0 Å². The van der Waals surface area contributed by atoms with E-state index < -0.39 is 10.0 Å². The molecule has 0 fully saturated rings. The van der Waals surface area contributed by atoms with Crippen LogP contribution in [0.3, 0.4) is 0 Å². The highest BCUT2D eigenvalue weighted by Gasteiger charge is 2.14. The first-order chi connectivity index (χ1) is 23.6. The van der Waals surface area contributed by atoms with Crippen LogP contribution in [0.5, 0.6) is 23.0 Å². The van der Waals surface area contributed by atoms with Gasteiger partial charge in [0.1, 0.15) is 36.5 Å². The van der Waals surface area contributed by atoms with E-state index in [1.807, 2.05) is 0 Å². The van der Waals surface area contributed by atoms with Crippen molar-refractivity contribution < 1.29 is 65.3 Å². The van der Waals surface area contributed by atoms with E-state index in [0.717, 1.165) is 0 Å². The molecule has 0 amide bonds. The highest BCUT2D eigenvalue weighted by Crippen LogP contribution is 2.38. The zero-order chi connectivity index (χ0) is 33.5. The summed E-state index contributed by atoms with van der Waals surface area (Å²) in [4.78, 5) is -0.0811. The molecule has 0 aliphatic carbocycles. The summed E-state index contributed by atoms with van der Waals surface area (Å²) < 4.78 is 98.5. The van der Waals surface area contributed by atoms with Gasteiger partial charge in [0.25, 0.3) is 0 Å². The monoisotopic (exact) mass is 700 g/mol. The lowest BCUT2D eigenvalue weighted by molar-refractivity contribution is -0.00843. The number of hydrogen-bond donors (Lipinski definition) is 0. The standard InChI is InChI=1S/C32H46NO14S/c34-48(35,28-2-4-30-32(26-28)47-24-20-43-16-12-39-8-6-37-10-14-41-18-22-45-30)33-27-1-3-29-31(25-27)46-23-19-42-15-11-38-7-5-36-9-13-40-17-21-44-29/h1-4,25-26H,5-24H2/q-1. The average Bonchev–Trinajstić information content (AvgIpc) is 3.08. The van der Waals surface area contributed by atoms with Crippen molar-refractivity contribution in [3.63, 3.8) is 0 Å². The van der Waals surface area contributed by atoms with E-state index in [1.54, 1.807) is 6.07 Å².